The minimum atomic E-state index is -0.959. The summed E-state index contributed by atoms with van der Waals surface area (Å²) in [6.45, 7) is 4.85. The lowest BCUT2D eigenvalue weighted by Gasteiger charge is -2.31. The number of rotatable bonds is 9. The Morgan fingerprint density at radius 3 is 2.53 bits per heavy atom. The van der Waals surface area contributed by atoms with Crippen LogP contribution >= 0.6 is 11.8 Å². The molecule has 1 aromatic rings. The van der Waals surface area contributed by atoms with Crippen molar-refractivity contribution in [2.75, 3.05) is 18.1 Å². The van der Waals surface area contributed by atoms with E-state index < -0.39 is 11.5 Å². The lowest BCUT2D eigenvalue weighted by atomic mass is 9.87. The molecule has 0 aromatic heterocycles. The van der Waals surface area contributed by atoms with Crippen molar-refractivity contribution in [1.82, 2.24) is 5.32 Å². The second-order valence-corrected chi connectivity index (χ2v) is 5.84. The largest absolute Gasteiger partial charge is 0.480 e. The predicted octanol–water partition coefficient (Wildman–Crippen LogP) is 3.11. The molecule has 0 spiro atoms. The zero-order valence-electron chi connectivity index (χ0n) is 11.7. The molecule has 1 aromatic carbocycles. The molecular formula is C15H23NO2S. The number of thioether (sulfide) groups is 1. The summed E-state index contributed by atoms with van der Waals surface area (Å²) >= 11 is 1.78. The van der Waals surface area contributed by atoms with Crippen LogP contribution in [0.2, 0.25) is 0 Å². The molecule has 0 amide bonds. The Kier molecular flexibility index (Phi) is 6.95. The molecule has 2 N–H and O–H groups in total. The van der Waals surface area contributed by atoms with Gasteiger partial charge in [-0.3, -0.25) is 5.32 Å². The number of carboxylic acids is 1. The van der Waals surface area contributed by atoms with E-state index in [0.29, 0.717) is 13.0 Å². The Bertz CT molecular complexity index is 383. The van der Waals surface area contributed by atoms with Gasteiger partial charge >= 0.3 is 5.97 Å². The van der Waals surface area contributed by atoms with Gasteiger partial charge in [0, 0.05) is 0 Å². The maximum absolute atomic E-state index is 11.9. The third kappa shape index (κ3) is 4.25. The summed E-state index contributed by atoms with van der Waals surface area (Å²) < 4.78 is 0. The number of carboxylic acid groups (broad SMARTS) is 1. The second kappa shape index (κ2) is 8.23. The van der Waals surface area contributed by atoms with E-state index >= 15 is 0 Å². The van der Waals surface area contributed by atoms with E-state index in [1.165, 1.54) is 0 Å². The van der Waals surface area contributed by atoms with Crippen LogP contribution in [0.1, 0.15) is 32.3 Å². The monoisotopic (exact) mass is 281 g/mol. The van der Waals surface area contributed by atoms with Gasteiger partial charge in [0.05, 0.1) is 0 Å². The number of hydrogen-bond donors (Lipinski definition) is 2. The number of carbonyl (C=O) groups is 1. The van der Waals surface area contributed by atoms with Gasteiger partial charge in [0.25, 0.3) is 0 Å². The summed E-state index contributed by atoms with van der Waals surface area (Å²) in [7, 11) is 0. The van der Waals surface area contributed by atoms with Gasteiger partial charge in [-0.2, -0.15) is 11.8 Å². The lowest BCUT2D eigenvalue weighted by Crippen LogP contribution is -2.50. The first kappa shape index (κ1) is 16.1. The Morgan fingerprint density at radius 2 is 2.00 bits per heavy atom. The van der Waals surface area contributed by atoms with Gasteiger partial charge in [-0.05, 0) is 36.5 Å². The molecule has 1 atom stereocenters. The molecule has 106 valence electrons. The molecule has 0 aliphatic carbocycles. The molecule has 0 heterocycles. The Labute approximate surface area is 119 Å². The van der Waals surface area contributed by atoms with Crippen LogP contribution in [0.4, 0.5) is 0 Å². The van der Waals surface area contributed by atoms with Crippen LogP contribution in [0.25, 0.3) is 0 Å². The van der Waals surface area contributed by atoms with Crippen molar-refractivity contribution in [2.45, 2.75) is 32.2 Å². The molecular weight excluding hydrogens is 258 g/mol. The van der Waals surface area contributed by atoms with Crippen LogP contribution in [-0.2, 0) is 10.3 Å². The summed E-state index contributed by atoms with van der Waals surface area (Å²) in [5.41, 5.74) is -0.118. The maximum atomic E-state index is 11.9. The van der Waals surface area contributed by atoms with Crippen molar-refractivity contribution in [2.24, 2.45) is 0 Å². The van der Waals surface area contributed by atoms with Gasteiger partial charge in [0.1, 0.15) is 5.54 Å². The van der Waals surface area contributed by atoms with Crippen molar-refractivity contribution in [3.05, 3.63) is 35.9 Å². The minimum absolute atomic E-state index is 0.602. The highest BCUT2D eigenvalue weighted by molar-refractivity contribution is 7.99. The van der Waals surface area contributed by atoms with E-state index in [-0.39, 0.29) is 0 Å². The first-order valence-electron chi connectivity index (χ1n) is 6.79. The quantitative estimate of drug-likeness (QED) is 0.683. The summed E-state index contributed by atoms with van der Waals surface area (Å²) in [4.78, 5) is 11.9. The molecule has 0 saturated carbocycles. The molecule has 3 nitrogen and oxygen atoms in total. The zero-order chi connectivity index (χ0) is 14.1. The van der Waals surface area contributed by atoms with Gasteiger partial charge in [-0.25, -0.2) is 4.79 Å². The summed E-state index contributed by atoms with van der Waals surface area (Å²) in [6.07, 6.45) is 1.52. The molecule has 0 aliphatic heterocycles. The Morgan fingerprint density at radius 1 is 1.32 bits per heavy atom. The first-order valence-corrected chi connectivity index (χ1v) is 7.94. The third-order valence-electron chi connectivity index (χ3n) is 3.13. The fourth-order valence-electron chi connectivity index (χ4n) is 2.07. The van der Waals surface area contributed by atoms with E-state index in [9.17, 15) is 9.90 Å². The van der Waals surface area contributed by atoms with Crippen LogP contribution < -0.4 is 5.32 Å². The smallest absolute Gasteiger partial charge is 0.328 e. The van der Waals surface area contributed by atoms with Crippen LogP contribution in [0.3, 0.4) is 0 Å². The molecule has 4 heteroatoms. The number of benzene rings is 1. The van der Waals surface area contributed by atoms with Crippen molar-refractivity contribution in [3.8, 4) is 0 Å². The molecule has 0 saturated heterocycles. The number of aliphatic carboxylic acids is 1. The fraction of sp³-hybridized carbons (Fsp3) is 0.533. The van der Waals surface area contributed by atoms with E-state index in [4.69, 9.17) is 0 Å². The van der Waals surface area contributed by atoms with E-state index in [1.807, 2.05) is 37.3 Å². The highest BCUT2D eigenvalue weighted by Gasteiger charge is 2.39. The molecule has 0 radical (unpaired) electrons. The topological polar surface area (TPSA) is 49.3 Å². The number of nitrogens with one attached hydrogen (secondary N) is 1. The molecule has 0 aliphatic rings. The minimum Gasteiger partial charge on any atom is -0.480 e. The van der Waals surface area contributed by atoms with Gasteiger partial charge in [0.2, 0.25) is 0 Å². The van der Waals surface area contributed by atoms with Crippen LogP contribution in [-0.4, -0.2) is 29.1 Å². The fourth-order valence-corrected chi connectivity index (χ4v) is 2.81. The standard InChI is InChI=1S/C15H23NO2S/c1-3-11-16-15(14(17)18,10-12-19-4-2)13-8-6-5-7-9-13/h5-9,16H,3-4,10-12H2,1-2H3,(H,17,18). The van der Waals surface area contributed by atoms with Crippen molar-refractivity contribution < 1.29 is 9.90 Å². The SMILES string of the molecule is CCCNC(CCSCC)(C(=O)O)c1ccccc1. The van der Waals surface area contributed by atoms with Crippen LogP contribution in [0.5, 0.6) is 0 Å². The molecule has 1 rings (SSSR count). The van der Waals surface area contributed by atoms with Crippen LogP contribution in [0, 0.1) is 0 Å². The Balaban J connectivity index is 3.00. The second-order valence-electron chi connectivity index (χ2n) is 4.45. The summed E-state index contributed by atoms with van der Waals surface area (Å²) in [5.74, 6) is 1.07. The van der Waals surface area contributed by atoms with Crippen molar-refractivity contribution in [1.29, 1.82) is 0 Å². The highest BCUT2D eigenvalue weighted by atomic mass is 32.2. The molecule has 1 unspecified atom stereocenters. The summed E-state index contributed by atoms with van der Waals surface area (Å²) in [6, 6.07) is 9.50. The normalized spacial score (nSPS) is 14.0. The summed E-state index contributed by atoms with van der Waals surface area (Å²) in [5, 5.41) is 13.0. The molecule has 0 fully saturated rings. The number of hydrogen-bond acceptors (Lipinski definition) is 3. The van der Waals surface area contributed by atoms with Crippen molar-refractivity contribution in [3.63, 3.8) is 0 Å². The van der Waals surface area contributed by atoms with Gasteiger partial charge in [0.15, 0.2) is 0 Å². The first-order chi connectivity index (χ1) is 9.17. The predicted molar refractivity (Wildman–Crippen MR) is 81.7 cm³/mol. The average Bonchev–Trinajstić information content (AvgIpc) is 2.43. The van der Waals surface area contributed by atoms with E-state index in [0.717, 1.165) is 23.5 Å². The molecule has 0 bridgehead atoms. The van der Waals surface area contributed by atoms with Gasteiger partial charge < -0.3 is 5.11 Å². The zero-order valence-corrected chi connectivity index (χ0v) is 12.5. The third-order valence-corrected chi connectivity index (χ3v) is 4.04. The lowest BCUT2D eigenvalue weighted by molar-refractivity contribution is -0.145. The Hall–Kier alpha value is -1.00. The van der Waals surface area contributed by atoms with E-state index in [1.54, 1.807) is 11.8 Å². The van der Waals surface area contributed by atoms with E-state index in [2.05, 4.69) is 12.2 Å². The van der Waals surface area contributed by atoms with Gasteiger partial charge in [-0.15, -0.1) is 0 Å². The average molecular weight is 281 g/mol. The van der Waals surface area contributed by atoms with Gasteiger partial charge in [-0.1, -0.05) is 44.2 Å². The molecule has 19 heavy (non-hydrogen) atoms. The van der Waals surface area contributed by atoms with Crippen LogP contribution in [0.15, 0.2) is 30.3 Å². The van der Waals surface area contributed by atoms with Crippen molar-refractivity contribution >= 4 is 17.7 Å². The highest BCUT2D eigenvalue weighted by Crippen LogP contribution is 2.27. The maximum Gasteiger partial charge on any atom is 0.328 e.